The highest BCUT2D eigenvalue weighted by Crippen LogP contribution is 2.34. The van der Waals surface area contributed by atoms with Gasteiger partial charge in [-0.05, 0) is 30.7 Å². The van der Waals surface area contributed by atoms with Gasteiger partial charge in [0.15, 0.2) is 0 Å². The zero-order chi connectivity index (χ0) is 15.0. The van der Waals surface area contributed by atoms with Gasteiger partial charge in [-0.25, -0.2) is 0 Å². The lowest BCUT2D eigenvalue weighted by Gasteiger charge is -2.15. The number of para-hydroxylation sites is 1. The molecule has 0 saturated heterocycles. The van der Waals surface area contributed by atoms with E-state index in [2.05, 4.69) is 14.1 Å². The average Bonchev–Trinajstić information content (AvgIpc) is 2.92. The number of halogens is 1. The van der Waals surface area contributed by atoms with Crippen LogP contribution in [0.1, 0.15) is 11.1 Å². The van der Waals surface area contributed by atoms with Crippen molar-refractivity contribution in [2.45, 2.75) is 6.92 Å². The third-order valence-electron chi connectivity index (χ3n) is 3.17. The maximum absolute atomic E-state index is 6.30. The van der Waals surface area contributed by atoms with Gasteiger partial charge < -0.3 is 11.1 Å². The summed E-state index contributed by atoms with van der Waals surface area (Å²) in [6.45, 7) is 1.98. The molecular weight excluding hydrogens is 324 g/mol. The van der Waals surface area contributed by atoms with Gasteiger partial charge in [-0.3, -0.25) is 0 Å². The number of fused-ring (bicyclic) bond motifs is 1. The maximum Gasteiger partial charge on any atom is 0.129 e. The van der Waals surface area contributed by atoms with Gasteiger partial charge in [-0.1, -0.05) is 36.0 Å². The van der Waals surface area contributed by atoms with Crippen molar-refractivity contribution in [3.05, 3.63) is 46.5 Å². The summed E-state index contributed by atoms with van der Waals surface area (Å²) in [5.74, 6) is 0. The van der Waals surface area contributed by atoms with Gasteiger partial charge in [0.25, 0.3) is 0 Å². The topological polar surface area (TPSA) is 63.8 Å². The third kappa shape index (κ3) is 2.57. The molecule has 1 aromatic heterocycles. The monoisotopic (exact) mass is 334 g/mol. The number of aromatic nitrogens is 2. The number of hydrogen-bond donors (Lipinski definition) is 2. The van der Waals surface area contributed by atoms with Gasteiger partial charge in [0.2, 0.25) is 0 Å². The van der Waals surface area contributed by atoms with Gasteiger partial charge in [0, 0.05) is 5.56 Å². The molecule has 0 radical (unpaired) electrons. The quantitative estimate of drug-likeness (QED) is 0.708. The number of benzene rings is 2. The Kier molecular flexibility index (Phi) is 3.75. The Morgan fingerprint density at radius 1 is 1.24 bits per heavy atom. The molecule has 0 amide bonds. The van der Waals surface area contributed by atoms with Crippen molar-refractivity contribution in [3.63, 3.8) is 0 Å². The van der Waals surface area contributed by atoms with Crippen molar-refractivity contribution in [1.29, 1.82) is 0 Å². The smallest absolute Gasteiger partial charge is 0.129 e. The van der Waals surface area contributed by atoms with Crippen molar-refractivity contribution < 1.29 is 0 Å². The molecule has 21 heavy (non-hydrogen) atoms. The Morgan fingerprint density at radius 2 is 2.05 bits per heavy atom. The van der Waals surface area contributed by atoms with E-state index in [0.717, 1.165) is 45.3 Å². The van der Waals surface area contributed by atoms with E-state index in [9.17, 15) is 0 Å². The van der Waals surface area contributed by atoms with Gasteiger partial charge in [-0.2, -0.15) is 8.75 Å². The molecule has 0 aliphatic heterocycles. The molecular formula is C14H11ClN4S2. The first-order valence-corrected chi connectivity index (χ1v) is 7.67. The molecule has 0 fully saturated rings. The normalized spacial score (nSPS) is 10.8. The number of nitrogens with two attached hydrogens (primary N) is 1. The minimum absolute atomic E-state index is 0.334. The summed E-state index contributed by atoms with van der Waals surface area (Å²) < 4.78 is 8.52. The molecule has 0 bridgehead atoms. The summed E-state index contributed by atoms with van der Waals surface area (Å²) in [6.07, 6.45) is 0. The van der Waals surface area contributed by atoms with Crippen LogP contribution in [0.3, 0.4) is 0 Å². The minimum atomic E-state index is 0.334. The van der Waals surface area contributed by atoms with E-state index < -0.39 is 0 Å². The highest BCUT2D eigenvalue weighted by Gasteiger charge is 2.14. The van der Waals surface area contributed by atoms with E-state index in [-0.39, 0.29) is 0 Å². The van der Waals surface area contributed by atoms with Crippen LogP contribution in [-0.2, 0) is 0 Å². The molecule has 0 aliphatic carbocycles. The van der Waals surface area contributed by atoms with Crippen molar-refractivity contribution >= 4 is 62.9 Å². The van der Waals surface area contributed by atoms with Crippen molar-refractivity contribution in [2.75, 3.05) is 5.32 Å². The summed E-state index contributed by atoms with van der Waals surface area (Å²) in [7, 11) is 0. The molecule has 0 unspecified atom stereocenters. The van der Waals surface area contributed by atoms with Crippen LogP contribution in [0.2, 0.25) is 5.02 Å². The van der Waals surface area contributed by atoms with Crippen LogP contribution in [0.25, 0.3) is 11.0 Å². The largest absolute Gasteiger partial charge is 0.389 e. The lowest BCUT2D eigenvalue weighted by molar-refractivity contribution is 1.42. The van der Waals surface area contributed by atoms with Crippen LogP contribution >= 0.6 is 35.5 Å². The first-order chi connectivity index (χ1) is 10.1. The SMILES string of the molecule is Cc1cccc(C(N)=S)c1Nc1c(Cl)ccc2nsnc12. The second kappa shape index (κ2) is 5.55. The van der Waals surface area contributed by atoms with Crippen molar-refractivity contribution in [3.8, 4) is 0 Å². The highest BCUT2D eigenvalue weighted by atomic mass is 35.5. The predicted octanol–water partition coefficient (Wildman–Crippen LogP) is 4.03. The Bertz CT molecular complexity index is 844. The summed E-state index contributed by atoms with van der Waals surface area (Å²) in [4.78, 5) is 0.334. The first-order valence-electron chi connectivity index (χ1n) is 6.15. The molecule has 0 saturated carbocycles. The summed E-state index contributed by atoms with van der Waals surface area (Å²) >= 11 is 12.6. The third-order valence-corrected chi connectivity index (χ3v) is 4.24. The zero-order valence-corrected chi connectivity index (χ0v) is 13.4. The molecule has 106 valence electrons. The first kappa shape index (κ1) is 14.2. The van der Waals surface area contributed by atoms with Crippen LogP contribution in [-0.4, -0.2) is 13.7 Å². The molecule has 4 nitrogen and oxygen atoms in total. The van der Waals surface area contributed by atoms with Gasteiger partial charge in [0.05, 0.1) is 28.1 Å². The summed E-state index contributed by atoms with van der Waals surface area (Å²) in [5.41, 5.74) is 10.7. The number of thiocarbonyl (C=S) groups is 1. The standard InChI is InChI=1S/C14H11ClN4S2/c1-7-3-2-4-8(14(16)20)11(7)17-12-9(15)5-6-10-13(12)19-21-18-10/h2-6,17H,1H3,(H2,16,20). The number of hydrogen-bond acceptors (Lipinski definition) is 5. The second-order valence-electron chi connectivity index (χ2n) is 4.54. The van der Waals surface area contributed by atoms with Crippen LogP contribution < -0.4 is 11.1 Å². The van der Waals surface area contributed by atoms with E-state index in [1.807, 2.05) is 31.2 Å². The number of rotatable bonds is 3. The van der Waals surface area contributed by atoms with Crippen molar-refractivity contribution in [2.24, 2.45) is 5.73 Å². The Balaban J connectivity index is 2.17. The molecule has 0 spiro atoms. The lowest BCUT2D eigenvalue weighted by atomic mass is 10.1. The number of nitrogens with zero attached hydrogens (tertiary/aromatic N) is 2. The Morgan fingerprint density at radius 3 is 2.81 bits per heavy atom. The molecule has 2 aromatic carbocycles. The van der Waals surface area contributed by atoms with Gasteiger partial charge in [-0.15, -0.1) is 0 Å². The van der Waals surface area contributed by atoms with Crippen LogP contribution in [0.5, 0.6) is 0 Å². The van der Waals surface area contributed by atoms with E-state index in [0.29, 0.717) is 10.0 Å². The van der Waals surface area contributed by atoms with E-state index >= 15 is 0 Å². The molecule has 0 aliphatic rings. The molecule has 3 aromatic rings. The fraction of sp³-hybridized carbons (Fsp3) is 0.0714. The molecule has 1 heterocycles. The molecule has 7 heteroatoms. The van der Waals surface area contributed by atoms with E-state index in [1.54, 1.807) is 6.07 Å². The highest BCUT2D eigenvalue weighted by molar-refractivity contribution is 7.80. The minimum Gasteiger partial charge on any atom is -0.389 e. The van der Waals surface area contributed by atoms with Gasteiger partial charge in [0.1, 0.15) is 16.0 Å². The average molecular weight is 335 g/mol. The Labute approximate surface area is 136 Å². The molecule has 3 rings (SSSR count). The zero-order valence-electron chi connectivity index (χ0n) is 11.1. The number of aryl methyl sites for hydroxylation is 1. The van der Waals surface area contributed by atoms with E-state index in [4.69, 9.17) is 29.6 Å². The van der Waals surface area contributed by atoms with Crippen LogP contribution in [0.4, 0.5) is 11.4 Å². The number of nitrogens with one attached hydrogen (secondary N) is 1. The fourth-order valence-electron chi connectivity index (χ4n) is 2.11. The summed E-state index contributed by atoms with van der Waals surface area (Å²) in [6, 6.07) is 9.43. The summed E-state index contributed by atoms with van der Waals surface area (Å²) in [5, 5.41) is 3.90. The Hall–Kier alpha value is -1.76. The van der Waals surface area contributed by atoms with Crippen molar-refractivity contribution in [1.82, 2.24) is 8.75 Å². The van der Waals surface area contributed by atoms with Crippen LogP contribution in [0.15, 0.2) is 30.3 Å². The second-order valence-corrected chi connectivity index (χ2v) is 5.92. The van der Waals surface area contributed by atoms with Gasteiger partial charge >= 0.3 is 0 Å². The molecule has 0 atom stereocenters. The predicted molar refractivity (Wildman–Crippen MR) is 92.8 cm³/mol. The van der Waals surface area contributed by atoms with E-state index in [1.165, 1.54) is 0 Å². The van der Waals surface area contributed by atoms with Crippen LogP contribution in [0, 0.1) is 6.92 Å². The fourth-order valence-corrected chi connectivity index (χ4v) is 3.02. The molecule has 3 N–H and O–H groups in total. The lowest BCUT2D eigenvalue weighted by Crippen LogP contribution is -2.12. The maximum atomic E-state index is 6.30. The number of anilines is 2.